The van der Waals surface area contributed by atoms with E-state index in [0.717, 1.165) is 12.2 Å². The van der Waals surface area contributed by atoms with Gasteiger partial charge in [-0.3, -0.25) is 4.98 Å². The monoisotopic (exact) mass is 1110 g/mol. The van der Waals surface area contributed by atoms with Crippen LogP contribution in [0.15, 0.2) is 152 Å². The molecule has 0 fully saturated rings. The second kappa shape index (κ2) is 20.4. The lowest BCUT2D eigenvalue weighted by molar-refractivity contribution is -0.678. The maximum Gasteiger partial charge on any atom is 0.416 e. The molecule has 0 amide bonds. The first-order chi connectivity index (χ1) is 34.7. The highest BCUT2D eigenvalue weighted by Gasteiger charge is 2.47. The Balaban J connectivity index is 0.000000408. The molecular weight excluding hydrogens is 1080 g/mol. The van der Waals surface area contributed by atoms with Crippen LogP contribution in [-0.4, -0.2) is 11.1 Å². The average molecular weight is 1110 g/mol. The van der Waals surface area contributed by atoms with Crippen LogP contribution in [0.1, 0.15) is 50.1 Å². The fraction of sp³-hybridized carbons (Fsp3) is 0.184. The standard InChI is InChI=1S/C32H12BF24.C17H15N2/c34-25(35,36)13-1-14(26(37,38)39)6-21(5-13)33(22-7-15(27(40,41)42)2-16(8-22)28(43,44)45,23-9-17(29(46,47)48)3-18(10-23)30(49,50)51)24-11-19(31(52,53)54)4-20(12-24)32(55,56)57;1-3-7-15(8-4-1)14-19-12-11-18-13-17(19)16-9-5-2-6-10-16/h1-12H;1-13H,14H2/q-1;+1. The van der Waals surface area contributed by atoms with Crippen molar-refractivity contribution in [1.29, 1.82) is 0 Å². The van der Waals surface area contributed by atoms with Crippen molar-refractivity contribution in [3.8, 4) is 11.3 Å². The zero-order valence-corrected chi connectivity index (χ0v) is 37.2. The van der Waals surface area contributed by atoms with E-state index in [1.165, 1.54) is 11.1 Å². The molecule has 0 saturated heterocycles. The Hall–Kier alpha value is -7.22. The summed E-state index contributed by atoms with van der Waals surface area (Å²) in [6, 6.07) is 12.0. The average Bonchev–Trinajstić information content (AvgIpc) is 3.30. The van der Waals surface area contributed by atoms with E-state index in [4.69, 9.17) is 0 Å². The lowest BCUT2D eigenvalue weighted by Gasteiger charge is -2.46. The molecule has 2 nitrogen and oxygen atoms in total. The van der Waals surface area contributed by atoms with Crippen LogP contribution in [0, 0.1) is 0 Å². The van der Waals surface area contributed by atoms with Gasteiger partial charge in [0.1, 0.15) is 6.15 Å². The van der Waals surface area contributed by atoms with Gasteiger partial charge in [-0.2, -0.15) is 132 Å². The number of halogens is 24. The summed E-state index contributed by atoms with van der Waals surface area (Å²) in [7, 11) is 0. The Morgan fingerprint density at radius 1 is 0.329 bits per heavy atom. The topological polar surface area (TPSA) is 16.8 Å². The van der Waals surface area contributed by atoms with Crippen LogP contribution in [0.5, 0.6) is 0 Å². The Morgan fingerprint density at radius 3 is 0.829 bits per heavy atom. The molecule has 0 atom stereocenters. The van der Waals surface area contributed by atoms with Crippen LogP contribution in [-0.2, 0) is 56.0 Å². The van der Waals surface area contributed by atoms with Gasteiger partial charge in [-0.05, 0) is 36.4 Å². The highest BCUT2D eigenvalue weighted by Crippen LogP contribution is 2.41. The lowest BCUT2D eigenvalue weighted by atomic mass is 9.12. The van der Waals surface area contributed by atoms with Crippen molar-refractivity contribution in [3.63, 3.8) is 0 Å². The molecular formula is C49H27BF24N2. The van der Waals surface area contributed by atoms with Gasteiger partial charge in [-0.25, -0.2) is 0 Å². The lowest BCUT2D eigenvalue weighted by Crippen LogP contribution is -2.75. The van der Waals surface area contributed by atoms with Crippen molar-refractivity contribution in [2.24, 2.45) is 0 Å². The van der Waals surface area contributed by atoms with Gasteiger partial charge in [0.15, 0.2) is 12.7 Å². The van der Waals surface area contributed by atoms with E-state index < -0.39 is 195 Å². The Bertz CT molecular complexity index is 2730. The second-order valence-corrected chi connectivity index (χ2v) is 16.7. The number of benzene rings is 6. The van der Waals surface area contributed by atoms with Crippen LogP contribution in [0.3, 0.4) is 0 Å². The van der Waals surface area contributed by atoms with E-state index in [1.54, 1.807) is 0 Å². The van der Waals surface area contributed by atoms with E-state index in [2.05, 4.69) is 58.1 Å². The summed E-state index contributed by atoms with van der Waals surface area (Å²) in [6.07, 6.45) is -49.0. The first-order valence-corrected chi connectivity index (χ1v) is 21.0. The molecule has 0 aliphatic heterocycles. The largest absolute Gasteiger partial charge is 0.416 e. The third-order valence-electron chi connectivity index (χ3n) is 11.5. The van der Waals surface area contributed by atoms with E-state index >= 15 is 0 Å². The molecule has 1 aromatic heterocycles. The smallest absolute Gasteiger partial charge is 0.252 e. The zero-order valence-electron chi connectivity index (χ0n) is 37.2. The first kappa shape index (κ1) is 58.1. The molecule has 0 bridgehead atoms. The minimum Gasteiger partial charge on any atom is -0.252 e. The fourth-order valence-corrected chi connectivity index (χ4v) is 8.22. The minimum atomic E-state index is -6.13. The Morgan fingerprint density at radius 2 is 0.579 bits per heavy atom. The number of nitrogens with zero attached hydrogens (tertiary/aromatic N) is 2. The van der Waals surface area contributed by atoms with Gasteiger partial charge in [-0.1, -0.05) is 97.1 Å². The summed E-state index contributed by atoms with van der Waals surface area (Å²) >= 11 is 0. The van der Waals surface area contributed by atoms with Crippen LogP contribution in [0.25, 0.3) is 11.3 Å². The van der Waals surface area contributed by atoms with E-state index in [9.17, 15) is 105 Å². The first-order valence-electron chi connectivity index (χ1n) is 21.0. The highest BCUT2D eigenvalue weighted by atomic mass is 19.4. The molecule has 0 aliphatic rings. The van der Waals surface area contributed by atoms with E-state index in [0.29, 0.717) is 0 Å². The minimum absolute atomic E-state index is 0.691. The molecule has 76 heavy (non-hydrogen) atoms. The third kappa shape index (κ3) is 13.2. The van der Waals surface area contributed by atoms with Gasteiger partial charge in [0, 0.05) is 11.1 Å². The summed E-state index contributed by atoms with van der Waals surface area (Å²) < 4.78 is 343. The molecule has 0 N–H and O–H groups in total. The van der Waals surface area contributed by atoms with Crippen molar-refractivity contribution in [3.05, 3.63) is 202 Å². The number of alkyl halides is 24. The van der Waals surface area contributed by atoms with Gasteiger partial charge < -0.3 is 0 Å². The molecule has 1 heterocycles. The summed E-state index contributed by atoms with van der Waals surface area (Å²) in [5.41, 5.74) is -26.6. The summed E-state index contributed by atoms with van der Waals surface area (Å²) in [5, 5.41) is 0. The number of hydrogen-bond acceptors (Lipinski definition) is 1. The molecule has 7 aromatic rings. The second-order valence-electron chi connectivity index (χ2n) is 16.7. The Labute approximate surface area is 411 Å². The zero-order chi connectivity index (χ0) is 56.8. The van der Waals surface area contributed by atoms with Crippen molar-refractivity contribution in [1.82, 2.24) is 4.98 Å². The predicted octanol–water partition coefficient (Wildman–Crippen LogP) is 14.3. The van der Waals surface area contributed by atoms with Crippen LogP contribution >= 0.6 is 0 Å². The van der Waals surface area contributed by atoms with Crippen LogP contribution in [0.2, 0.25) is 0 Å². The van der Waals surface area contributed by atoms with Gasteiger partial charge in [0.05, 0.1) is 56.9 Å². The third-order valence-corrected chi connectivity index (χ3v) is 11.5. The van der Waals surface area contributed by atoms with Crippen molar-refractivity contribution in [2.45, 2.75) is 56.0 Å². The molecule has 404 valence electrons. The number of rotatable bonds is 7. The van der Waals surface area contributed by atoms with Gasteiger partial charge in [-0.15, -0.1) is 0 Å². The summed E-state index contributed by atoms with van der Waals surface area (Å²) in [4.78, 5) is 4.24. The molecule has 0 radical (unpaired) electrons. The van der Waals surface area contributed by atoms with Crippen molar-refractivity contribution in [2.75, 3.05) is 0 Å². The molecule has 0 spiro atoms. The van der Waals surface area contributed by atoms with Gasteiger partial charge >= 0.3 is 49.4 Å². The quantitative estimate of drug-likeness (QED) is 0.0883. The number of hydrogen-bond donors (Lipinski definition) is 0. The number of aromatic nitrogens is 2. The normalized spacial score (nSPS) is 13.3. The molecule has 0 unspecified atom stereocenters. The van der Waals surface area contributed by atoms with Gasteiger partial charge in [0.25, 0.3) is 0 Å². The predicted molar refractivity (Wildman–Crippen MR) is 225 cm³/mol. The summed E-state index contributed by atoms with van der Waals surface area (Å²) in [5.74, 6) is 0. The van der Waals surface area contributed by atoms with E-state index in [1.807, 2.05) is 30.7 Å². The fourth-order valence-electron chi connectivity index (χ4n) is 8.22. The molecule has 27 heteroatoms. The van der Waals surface area contributed by atoms with Crippen molar-refractivity contribution >= 4 is 28.0 Å². The maximum absolute atomic E-state index is 14.2. The van der Waals surface area contributed by atoms with Crippen LogP contribution in [0.4, 0.5) is 105 Å². The molecule has 7 rings (SSSR count). The summed E-state index contributed by atoms with van der Waals surface area (Å²) in [6.45, 7) is 0.855. The van der Waals surface area contributed by atoms with Gasteiger partial charge in [0.2, 0.25) is 5.69 Å². The highest BCUT2D eigenvalue weighted by molar-refractivity contribution is 7.20. The SMILES string of the molecule is FC(F)(F)c1cc([B-](c2cc(C(F)(F)F)cc(C(F)(F)F)c2)(c2cc(C(F)(F)F)cc(C(F)(F)F)c2)c2cc(C(F)(F)F)cc(C(F)(F)F)c2)cc(C(F)(F)F)c1.c1ccc(C[n+]2ccncc2-c2ccccc2)cc1. The van der Waals surface area contributed by atoms with E-state index in [-0.39, 0.29) is 0 Å². The molecule has 6 aromatic carbocycles. The Kier molecular flexibility index (Phi) is 15.6. The molecule has 0 saturated carbocycles. The maximum atomic E-state index is 14.2. The van der Waals surface area contributed by atoms with Crippen molar-refractivity contribution < 1.29 is 110 Å². The van der Waals surface area contributed by atoms with Crippen LogP contribution < -0.4 is 26.4 Å². The molecule has 0 aliphatic carbocycles.